The Kier molecular flexibility index (Phi) is 3.96. The second-order valence-corrected chi connectivity index (χ2v) is 5.16. The van der Waals surface area contributed by atoms with Gasteiger partial charge >= 0.3 is 6.16 Å². The highest BCUT2D eigenvalue weighted by Gasteiger charge is 2.51. The van der Waals surface area contributed by atoms with E-state index in [1.54, 1.807) is 12.2 Å². The van der Waals surface area contributed by atoms with E-state index < -0.39 is 24.2 Å². The highest BCUT2D eigenvalue weighted by Crippen LogP contribution is 2.35. The largest absolute Gasteiger partial charge is 0.509 e. The molecule has 1 unspecified atom stereocenters. The van der Waals surface area contributed by atoms with Gasteiger partial charge in [-0.05, 0) is 26.7 Å². The number of rotatable bonds is 5. The Labute approximate surface area is 113 Å². The maximum Gasteiger partial charge on any atom is 0.509 e. The first kappa shape index (κ1) is 14.1. The van der Waals surface area contributed by atoms with Gasteiger partial charge < -0.3 is 18.9 Å². The van der Waals surface area contributed by atoms with Crippen LogP contribution in [-0.2, 0) is 18.9 Å². The molecule has 2 aliphatic rings. The molecule has 0 aromatic heterocycles. The lowest BCUT2D eigenvalue weighted by Crippen LogP contribution is -2.41. The van der Waals surface area contributed by atoms with Gasteiger partial charge in [0.05, 0.1) is 0 Å². The fraction of sp³-hybridized carbons (Fsp3) is 0.643. The Balaban J connectivity index is 2.11. The standard InChI is InChI=1S/C14H20O5/c1-5-7-8-10-11(17-13(15)16-10)12-9(6-2)18-14(3,4)19-12/h5-6,9-12H,1-2,7-8H2,3-4H3/t9-,10?,11-,12-/m0/s1. The summed E-state index contributed by atoms with van der Waals surface area (Å²) < 4.78 is 21.9. The quantitative estimate of drug-likeness (QED) is 0.566. The summed E-state index contributed by atoms with van der Waals surface area (Å²) in [4.78, 5) is 11.3. The maximum absolute atomic E-state index is 11.3. The maximum atomic E-state index is 11.3. The van der Waals surface area contributed by atoms with Crippen LogP contribution in [0.1, 0.15) is 26.7 Å². The minimum atomic E-state index is -0.721. The van der Waals surface area contributed by atoms with Gasteiger partial charge in [0, 0.05) is 0 Å². The SMILES string of the molecule is C=CCCC1OC(=O)O[C@@H]1[C@H]1OC(C)(C)O[C@H]1C=C. The molecule has 0 radical (unpaired) electrons. The van der Waals surface area contributed by atoms with Gasteiger partial charge in [0.15, 0.2) is 11.9 Å². The average molecular weight is 268 g/mol. The first-order valence-electron chi connectivity index (χ1n) is 6.43. The van der Waals surface area contributed by atoms with Gasteiger partial charge in [-0.25, -0.2) is 4.79 Å². The van der Waals surface area contributed by atoms with E-state index in [-0.39, 0.29) is 12.2 Å². The monoisotopic (exact) mass is 268 g/mol. The van der Waals surface area contributed by atoms with E-state index in [0.29, 0.717) is 6.42 Å². The van der Waals surface area contributed by atoms with Crippen LogP contribution in [0.15, 0.2) is 25.3 Å². The minimum Gasteiger partial charge on any atom is -0.427 e. The van der Waals surface area contributed by atoms with Crippen LogP contribution in [-0.4, -0.2) is 36.4 Å². The molecule has 0 aliphatic carbocycles. The molecule has 5 heteroatoms. The number of ether oxygens (including phenoxy) is 4. The van der Waals surface area contributed by atoms with Crippen molar-refractivity contribution < 1.29 is 23.7 Å². The molecule has 5 nitrogen and oxygen atoms in total. The van der Waals surface area contributed by atoms with Gasteiger partial charge in [-0.2, -0.15) is 0 Å². The van der Waals surface area contributed by atoms with E-state index in [1.165, 1.54) is 0 Å². The molecule has 0 aromatic carbocycles. The molecule has 2 fully saturated rings. The summed E-state index contributed by atoms with van der Waals surface area (Å²) in [5.41, 5.74) is 0. The Morgan fingerprint density at radius 1 is 1.21 bits per heavy atom. The molecule has 2 saturated heterocycles. The molecule has 0 saturated carbocycles. The first-order valence-corrected chi connectivity index (χ1v) is 6.43. The Bertz CT molecular complexity index is 376. The molecule has 19 heavy (non-hydrogen) atoms. The third-order valence-corrected chi connectivity index (χ3v) is 3.22. The molecular weight excluding hydrogens is 248 g/mol. The third-order valence-electron chi connectivity index (χ3n) is 3.22. The van der Waals surface area contributed by atoms with Gasteiger partial charge in [0.1, 0.15) is 18.3 Å². The van der Waals surface area contributed by atoms with Crippen LogP contribution >= 0.6 is 0 Å². The van der Waals surface area contributed by atoms with Gasteiger partial charge in [0.2, 0.25) is 0 Å². The van der Waals surface area contributed by atoms with Crippen molar-refractivity contribution >= 4 is 6.16 Å². The van der Waals surface area contributed by atoms with Crippen LogP contribution in [0, 0.1) is 0 Å². The average Bonchev–Trinajstić information content (AvgIpc) is 2.86. The number of cyclic esters (lactones) is 2. The topological polar surface area (TPSA) is 54.0 Å². The van der Waals surface area contributed by atoms with E-state index in [9.17, 15) is 4.79 Å². The molecule has 106 valence electrons. The van der Waals surface area contributed by atoms with Gasteiger partial charge in [-0.15, -0.1) is 13.2 Å². The molecule has 0 N–H and O–H groups in total. The van der Waals surface area contributed by atoms with Gasteiger partial charge in [-0.3, -0.25) is 0 Å². The van der Waals surface area contributed by atoms with Crippen molar-refractivity contribution in [1.29, 1.82) is 0 Å². The zero-order chi connectivity index (χ0) is 14.0. The highest BCUT2D eigenvalue weighted by atomic mass is 16.8. The van der Waals surface area contributed by atoms with Crippen LogP contribution in [0.3, 0.4) is 0 Å². The Hall–Kier alpha value is -1.33. The summed E-state index contributed by atoms with van der Waals surface area (Å²) in [6, 6.07) is 0. The lowest BCUT2D eigenvalue weighted by Gasteiger charge is -2.23. The molecule has 0 aromatic rings. The fourth-order valence-electron chi connectivity index (χ4n) is 2.44. The number of allylic oxidation sites excluding steroid dienone is 1. The van der Waals surface area contributed by atoms with E-state index in [1.807, 2.05) is 13.8 Å². The normalized spacial score (nSPS) is 36.6. The fourth-order valence-corrected chi connectivity index (χ4v) is 2.44. The van der Waals surface area contributed by atoms with Crippen LogP contribution in [0.25, 0.3) is 0 Å². The van der Waals surface area contributed by atoms with Crippen molar-refractivity contribution in [3.8, 4) is 0 Å². The Morgan fingerprint density at radius 3 is 2.58 bits per heavy atom. The summed E-state index contributed by atoms with van der Waals surface area (Å²) in [5.74, 6) is -0.721. The van der Waals surface area contributed by atoms with Crippen LogP contribution in [0.4, 0.5) is 4.79 Å². The molecule has 4 atom stereocenters. The predicted octanol–water partition coefficient (Wildman–Crippen LogP) is 2.56. The third kappa shape index (κ3) is 2.98. The zero-order valence-corrected chi connectivity index (χ0v) is 11.3. The number of hydrogen-bond acceptors (Lipinski definition) is 5. The molecule has 2 rings (SSSR count). The zero-order valence-electron chi connectivity index (χ0n) is 11.3. The molecule has 2 heterocycles. The summed E-state index contributed by atoms with van der Waals surface area (Å²) >= 11 is 0. The lowest BCUT2D eigenvalue weighted by molar-refractivity contribution is -0.153. The van der Waals surface area contributed by atoms with Crippen molar-refractivity contribution in [2.75, 3.05) is 0 Å². The molecule has 0 spiro atoms. The Morgan fingerprint density at radius 2 is 1.95 bits per heavy atom. The molecule has 2 aliphatic heterocycles. The second-order valence-electron chi connectivity index (χ2n) is 5.16. The highest BCUT2D eigenvalue weighted by molar-refractivity contribution is 5.62. The van der Waals surface area contributed by atoms with Gasteiger partial charge in [0.25, 0.3) is 0 Å². The van der Waals surface area contributed by atoms with Gasteiger partial charge in [-0.1, -0.05) is 12.2 Å². The molecule has 0 bridgehead atoms. The predicted molar refractivity (Wildman–Crippen MR) is 68.6 cm³/mol. The van der Waals surface area contributed by atoms with E-state index in [2.05, 4.69) is 13.2 Å². The first-order chi connectivity index (χ1) is 8.96. The van der Waals surface area contributed by atoms with Crippen molar-refractivity contribution in [1.82, 2.24) is 0 Å². The van der Waals surface area contributed by atoms with E-state index >= 15 is 0 Å². The molecule has 0 amide bonds. The molecular formula is C14H20O5. The van der Waals surface area contributed by atoms with E-state index in [0.717, 1.165) is 6.42 Å². The van der Waals surface area contributed by atoms with Crippen molar-refractivity contribution in [3.05, 3.63) is 25.3 Å². The second kappa shape index (κ2) is 5.35. The lowest BCUT2D eigenvalue weighted by atomic mass is 10.00. The van der Waals surface area contributed by atoms with Crippen LogP contribution in [0.5, 0.6) is 0 Å². The van der Waals surface area contributed by atoms with Crippen LogP contribution in [0.2, 0.25) is 0 Å². The van der Waals surface area contributed by atoms with Crippen molar-refractivity contribution in [3.63, 3.8) is 0 Å². The summed E-state index contributed by atoms with van der Waals surface area (Å²) in [6.07, 6.45) is 2.66. The van der Waals surface area contributed by atoms with Crippen molar-refractivity contribution in [2.45, 2.75) is 56.9 Å². The number of hydrogen-bond donors (Lipinski definition) is 0. The summed E-state index contributed by atoms with van der Waals surface area (Å²) in [5, 5.41) is 0. The summed E-state index contributed by atoms with van der Waals surface area (Å²) in [6.45, 7) is 11.0. The smallest absolute Gasteiger partial charge is 0.427 e. The number of carbonyl (C=O) groups excluding carboxylic acids is 1. The van der Waals surface area contributed by atoms with Crippen LogP contribution < -0.4 is 0 Å². The number of carbonyl (C=O) groups is 1. The summed E-state index contributed by atoms with van der Waals surface area (Å²) in [7, 11) is 0. The van der Waals surface area contributed by atoms with Crippen molar-refractivity contribution in [2.24, 2.45) is 0 Å². The van der Waals surface area contributed by atoms with E-state index in [4.69, 9.17) is 18.9 Å². The minimum absolute atomic E-state index is 0.319.